The summed E-state index contributed by atoms with van der Waals surface area (Å²) in [6.45, 7) is 4.65. The Kier molecular flexibility index (Phi) is 4.72. The van der Waals surface area contributed by atoms with Crippen LogP contribution in [0.25, 0.3) is 22.4 Å². The second-order valence-electron chi connectivity index (χ2n) is 10.2. The highest BCUT2D eigenvalue weighted by Crippen LogP contribution is 2.58. The summed E-state index contributed by atoms with van der Waals surface area (Å²) < 4.78 is 29.8. The van der Waals surface area contributed by atoms with Crippen LogP contribution >= 0.6 is 0 Å². The van der Waals surface area contributed by atoms with Gasteiger partial charge in [-0.05, 0) is 55.1 Å². The molecule has 6 nitrogen and oxygen atoms in total. The van der Waals surface area contributed by atoms with Gasteiger partial charge in [-0.1, -0.05) is 13.8 Å². The van der Waals surface area contributed by atoms with E-state index < -0.39 is 11.6 Å². The maximum absolute atomic E-state index is 15.1. The Balaban J connectivity index is 1.43. The van der Waals surface area contributed by atoms with Gasteiger partial charge in [0, 0.05) is 42.0 Å². The minimum absolute atomic E-state index is 0.0810. The molecular weight excluding hydrogens is 412 g/mol. The standard InChI is InChI=1S/C24H27F2N5O/c1-23-4-5-24(2,13-23)10-15(9-23)31(3)22-19(26)8-20(29-30-22)17-6-18(25)16(7-21(17)32)14-11-27-28-12-14/h6-8,11-12,15,32H,4-5,9-10,13H2,1-3H3,(H,27,28)/t15?,23-,24+. The third kappa shape index (κ3) is 3.51. The molecule has 2 heterocycles. The van der Waals surface area contributed by atoms with Gasteiger partial charge in [0.25, 0.3) is 0 Å². The number of hydrogen-bond donors (Lipinski definition) is 2. The summed E-state index contributed by atoms with van der Waals surface area (Å²) in [5.74, 6) is -1.13. The summed E-state index contributed by atoms with van der Waals surface area (Å²) >= 11 is 0. The number of aromatic amines is 1. The van der Waals surface area contributed by atoms with E-state index in [1.54, 1.807) is 0 Å². The molecule has 2 saturated carbocycles. The number of hydrogen-bond acceptors (Lipinski definition) is 5. The first-order valence-electron chi connectivity index (χ1n) is 10.9. The Morgan fingerprint density at radius 3 is 2.38 bits per heavy atom. The number of aromatic hydroxyl groups is 1. The van der Waals surface area contributed by atoms with Crippen molar-refractivity contribution in [3.05, 3.63) is 42.2 Å². The highest BCUT2D eigenvalue weighted by Gasteiger charge is 2.50. The van der Waals surface area contributed by atoms with E-state index >= 15 is 4.39 Å². The van der Waals surface area contributed by atoms with E-state index in [1.165, 1.54) is 43.8 Å². The van der Waals surface area contributed by atoms with Gasteiger partial charge in [0.15, 0.2) is 11.6 Å². The summed E-state index contributed by atoms with van der Waals surface area (Å²) in [6.07, 6.45) is 8.63. The van der Waals surface area contributed by atoms with Crippen molar-refractivity contribution in [1.82, 2.24) is 20.4 Å². The van der Waals surface area contributed by atoms with Crippen molar-refractivity contribution in [2.45, 2.75) is 52.0 Å². The van der Waals surface area contributed by atoms with E-state index in [4.69, 9.17) is 0 Å². The first-order valence-corrected chi connectivity index (χ1v) is 10.9. The van der Waals surface area contributed by atoms with Crippen molar-refractivity contribution in [1.29, 1.82) is 0 Å². The average molecular weight is 440 g/mol. The van der Waals surface area contributed by atoms with Crippen molar-refractivity contribution >= 4 is 5.82 Å². The normalized spacial score (nSPS) is 27.0. The van der Waals surface area contributed by atoms with Crippen LogP contribution in [0.15, 0.2) is 30.6 Å². The molecule has 0 radical (unpaired) electrons. The molecule has 2 N–H and O–H groups in total. The van der Waals surface area contributed by atoms with Gasteiger partial charge in [-0.15, -0.1) is 10.2 Å². The molecule has 2 aliphatic carbocycles. The zero-order chi connectivity index (χ0) is 22.7. The molecule has 2 fully saturated rings. The van der Waals surface area contributed by atoms with Crippen molar-refractivity contribution in [2.75, 3.05) is 11.9 Å². The van der Waals surface area contributed by atoms with Gasteiger partial charge in [0.2, 0.25) is 0 Å². The first-order chi connectivity index (χ1) is 15.2. The van der Waals surface area contributed by atoms with E-state index in [0.717, 1.165) is 18.9 Å². The maximum Gasteiger partial charge on any atom is 0.187 e. The molecule has 1 aromatic carbocycles. The monoisotopic (exact) mass is 439 g/mol. The van der Waals surface area contributed by atoms with Crippen molar-refractivity contribution < 1.29 is 13.9 Å². The van der Waals surface area contributed by atoms with Crippen LogP contribution in [-0.2, 0) is 0 Å². The van der Waals surface area contributed by atoms with Crippen molar-refractivity contribution in [2.24, 2.45) is 10.8 Å². The van der Waals surface area contributed by atoms with Gasteiger partial charge in [0.05, 0.1) is 11.9 Å². The average Bonchev–Trinajstić information content (AvgIpc) is 3.34. The number of aromatic nitrogens is 4. The van der Waals surface area contributed by atoms with Gasteiger partial charge in [-0.2, -0.15) is 5.10 Å². The minimum Gasteiger partial charge on any atom is -0.507 e. The molecule has 0 spiro atoms. The highest BCUT2D eigenvalue weighted by atomic mass is 19.1. The number of phenolic OH excluding ortho intramolecular Hbond substituents is 1. The fourth-order valence-corrected chi connectivity index (χ4v) is 5.94. The molecule has 2 aliphatic rings. The van der Waals surface area contributed by atoms with E-state index in [9.17, 15) is 9.50 Å². The second kappa shape index (κ2) is 7.25. The van der Waals surface area contributed by atoms with Crippen LogP contribution in [0.1, 0.15) is 46.0 Å². The number of phenols is 1. The Hall–Kier alpha value is -3.03. The van der Waals surface area contributed by atoms with Crippen LogP contribution in [-0.4, -0.2) is 38.6 Å². The Labute approximate surface area is 185 Å². The van der Waals surface area contributed by atoms with Gasteiger partial charge in [-0.3, -0.25) is 5.10 Å². The topological polar surface area (TPSA) is 77.9 Å². The molecule has 8 heteroatoms. The van der Waals surface area contributed by atoms with Crippen LogP contribution < -0.4 is 4.90 Å². The van der Waals surface area contributed by atoms with Gasteiger partial charge >= 0.3 is 0 Å². The molecular formula is C24H27F2N5O. The number of halogens is 2. The zero-order valence-corrected chi connectivity index (χ0v) is 18.5. The highest BCUT2D eigenvalue weighted by molar-refractivity contribution is 5.74. The lowest BCUT2D eigenvalue weighted by atomic mass is 9.68. The number of H-pyrrole nitrogens is 1. The molecule has 32 heavy (non-hydrogen) atoms. The Morgan fingerprint density at radius 1 is 1.03 bits per heavy atom. The lowest BCUT2D eigenvalue weighted by molar-refractivity contribution is 0.147. The van der Waals surface area contributed by atoms with Crippen LogP contribution in [0.2, 0.25) is 0 Å². The minimum atomic E-state index is -0.568. The molecule has 1 unspecified atom stereocenters. The summed E-state index contributed by atoms with van der Waals surface area (Å²) in [5, 5.41) is 25.1. The van der Waals surface area contributed by atoms with E-state index in [2.05, 4.69) is 34.2 Å². The number of nitrogens with zero attached hydrogens (tertiary/aromatic N) is 4. The van der Waals surface area contributed by atoms with Crippen LogP contribution in [0.4, 0.5) is 14.6 Å². The molecule has 3 aromatic rings. The predicted molar refractivity (Wildman–Crippen MR) is 118 cm³/mol. The summed E-state index contributed by atoms with van der Waals surface area (Å²) in [7, 11) is 1.87. The number of benzene rings is 1. The predicted octanol–water partition coefficient (Wildman–Crippen LogP) is 5.31. The van der Waals surface area contributed by atoms with Crippen LogP contribution in [0.3, 0.4) is 0 Å². The molecule has 0 saturated heterocycles. The number of anilines is 1. The molecule has 5 rings (SSSR count). The second-order valence-corrected chi connectivity index (χ2v) is 10.2. The fraction of sp³-hybridized carbons (Fsp3) is 0.458. The molecule has 0 amide bonds. The number of fused-ring (bicyclic) bond motifs is 2. The lowest BCUT2D eigenvalue weighted by Gasteiger charge is -2.44. The third-order valence-electron chi connectivity index (χ3n) is 7.42. The van der Waals surface area contributed by atoms with E-state index in [-0.39, 0.29) is 45.3 Å². The quantitative estimate of drug-likeness (QED) is 0.576. The SMILES string of the molecule is CN(c1nnc(-c2cc(F)c(-c3cn[nH]c3)cc2O)cc1F)C1C[C@]2(C)CC[C@](C)(C1)C2. The van der Waals surface area contributed by atoms with E-state index in [1.807, 2.05) is 11.9 Å². The summed E-state index contributed by atoms with van der Waals surface area (Å²) in [6, 6.07) is 3.83. The first kappa shape index (κ1) is 20.8. The maximum atomic E-state index is 15.1. The van der Waals surface area contributed by atoms with Crippen LogP contribution in [0, 0.1) is 22.5 Å². The van der Waals surface area contributed by atoms with Gasteiger partial charge < -0.3 is 10.0 Å². The zero-order valence-electron chi connectivity index (χ0n) is 18.5. The Bertz CT molecular complexity index is 1150. The largest absolute Gasteiger partial charge is 0.507 e. The molecule has 2 aromatic heterocycles. The third-order valence-corrected chi connectivity index (χ3v) is 7.42. The van der Waals surface area contributed by atoms with Crippen LogP contribution in [0.5, 0.6) is 5.75 Å². The van der Waals surface area contributed by atoms with Crippen molar-refractivity contribution in [3.63, 3.8) is 0 Å². The van der Waals surface area contributed by atoms with Gasteiger partial charge in [-0.25, -0.2) is 8.78 Å². The fourth-order valence-electron chi connectivity index (χ4n) is 5.94. The Morgan fingerprint density at radius 2 is 1.75 bits per heavy atom. The molecule has 2 bridgehead atoms. The number of rotatable bonds is 4. The lowest BCUT2D eigenvalue weighted by Crippen LogP contribution is -2.43. The molecule has 3 atom stereocenters. The number of nitrogens with one attached hydrogen (secondary N) is 1. The van der Waals surface area contributed by atoms with E-state index in [0.29, 0.717) is 5.56 Å². The van der Waals surface area contributed by atoms with Crippen molar-refractivity contribution in [3.8, 4) is 28.1 Å². The molecule has 168 valence electrons. The smallest absolute Gasteiger partial charge is 0.187 e. The summed E-state index contributed by atoms with van der Waals surface area (Å²) in [5.41, 5.74) is 1.44. The summed E-state index contributed by atoms with van der Waals surface area (Å²) in [4.78, 5) is 1.90. The van der Waals surface area contributed by atoms with Gasteiger partial charge in [0.1, 0.15) is 11.6 Å². The molecule has 0 aliphatic heterocycles.